The monoisotopic (exact) mass is 269 g/mol. The van der Waals surface area contributed by atoms with E-state index in [-0.39, 0.29) is 13.1 Å². The van der Waals surface area contributed by atoms with Gasteiger partial charge in [-0.15, -0.1) is 0 Å². The van der Waals surface area contributed by atoms with Crippen LogP contribution in [0.25, 0.3) is 0 Å². The molecule has 1 heterocycles. The van der Waals surface area contributed by atoms with Gasteiger partial charge in [-0.1, -0.05) is 13.0 Å². The second-order valence-electron chi connectivity index (χ2n) is 5.10. The topological polar surface area (TPSA) is 57.6 Å². The molecule has 1 fully saturated rings. The molecule has 0 bridgehead atoms. The van der Waals surface area contributed by atoms with E-state index in [1.165, 1.54) is 4.31 Å². The molecule has 1 aliphatic heterocycles. The zero-order valence-corrected chi connectivity index (χ0v) is 11.8. The number of aliphatic hydroxyl groups is 1. The Morgan fingerprint density at radius 2 is 1.89 bits per heavy atom. The summed E-state index contributed by atoms with van der Waals surface area (Å²) in [6, 6.07) is 5.13. The minimum absolute atomic E-state index is 0.193. The molecule has 0 saturated carbocycles. The number of β-amino-alcohol motifs (C(OH)–C–C–N with tert-alkyl or cyclic N) is 1. The van der Waals surface area contributed by atoms with Crippen molar-refractivity contribution >= 4 is 10.0 Å². The van der Waals surface area contributed by atoms with E-state index < -0.39 is 15.6 Å². The number of nitrogens with zero attached hydrogens (tertiary/aromatic N) is 1. The van der Waals surface area contributed by atoms with Crippen molar-refractivity contribution in [2.24, 2.45) is 0 Å². The quantitative estimate of drug-likeness (QED) is 0.903. The fraction of sp³-hybridized carbons (Fsp3) is 0.538. The SMILES string of the molecule is CCC1(O)CN(S(=O)(=O)c2ccc(C)c(C)c2)C1. The van der Waals surface area contributed by atoms with E-state index in [9.17, 15) is 13.5 Å². The maximum absolute atomic E-state index is 12.3. The van der Waals surface area contributed by atoms with Crippen LogP contribution >= 0.6 is 0 Å². The highest BCUT2D eigenvalue weighted by atomic mass is 32.2. The molecular formula is C13H19NO3S. The fourth-order valence-corrected chi connectivity index (χ4v) is 3.71. The highest BCUT2D eigenvalue weighted by Crippen LogP contribution is 2.30. The molecule has 100 valence electrons. The van der Waals surface area contributed by atoms with Crippen LogP contribution in [-0.2, 0) is 10.0 Å². The lowest BCUT2D eigenvalue weighted by molar-refractivity contribution is -0.0613. The van der Waals surface area contributed by atoms with Crippen LogP contribution < -0.4 is 0 Å². The van der Waals surface area contributed by atoms with Gasteiger partial charge in [0.05, 0.1) is 10.5 Å². The van der Waals surface area contributed by atoms with Crippen molar-refractivity contribution in [1.29, 1.82) is 0 Å². The minimum Gasteiger partial charge on any atom is -0.387 e. The number of aryl methyl sites for hydroxylation is 2. The Hall–Kier alpha value is -0.910. The Morgan fingerprint density at radius 1 is 1.28 bits per heavy atom. The Balaban J connectivity index is 2.25. The van der Waals surface area contributed by atoms with Crippen molar-refractivity contribution < 1.29 is 13.5 Å². The third-order valence-electron chi connectivity index (χ3n) is 3.72. The summed E-state index contributed by atoms with van der Waals surface area (Å²) >= 11 is 0. The van der Waals surface area contributed by atoms with Gasteiger partial charge in [-0.25, -0.2) is 8.42 Å². The van der Waals surface area contributed by atoms with Gasteiger partial charge in [-0.2, -0.15) is 4.31 Å². The van der Waals surface area contributed by atoms with Gasteiger partial charge in [-0.3, -0.25) is 0 Å². The first-order valence-corrected chi connectivity index (χ1v) is 7.52. The summed E-state index contributed by atoms with van der Waals surface area (Å²) in [5, 5.41) is 9.89. The molecule has 0 aliphatic carbocycles. The first-order chi connectivity index (χ1) is 8.28. The van der Waals surface area contributed by atoms with Crippen LogP contribution in [0.1, 0.15) is 24.5 Å². The standard InChI is InChI=1S/C13H19NO3S/c1-4-13(15)8-14(9-13)18(16,17)12-6-5-10(2)11(3)7-12/h5-7,15H,4,8-9H2,1-3H3. The van der Waals surface area contributed by atoms with Gasteiger partial charge in [0.15, 0.2) is 0 Å². The summed E-state index contributed by atoms with van der Waals surface area (Å²) in [6.45, 7) is 6.09. The van der Waals surface area contributed by atoms with Gasteiger partial charge >= 0.3 is 0 Å². The van der Waals surface area contributed by atoms with Crippen LogP contribution in [0.4, 0.5) is 0 Å². The van der Waals surface area contributed by atoms with Crippen LogP contribution in [0.15, 0.2) is 23.1 Å². The molecule has 1 saturated heterocycles. The Labute approximate surface area is 108 Å². The molecule has 0 aromatic heterocycles. The number of sulfonamides is 1. The Morgan fingerprint density at radius 3 is 2.39 bits per heavy atom. The molecule has 0 unspecified atom stereocenters. The van der Waals surface area contributed by atoms with E-state index in [0.29, 0.717) is 11.3 Å². The second-order valence-corrected chi connectivity index (χ2v) is 7.03. The van der Waals surface area contributed by atoms with E-state index >= 15 is 0 Å². The molecule has 0 amide bonds. The van der Waals surface area contributed by atoms with Crippen LogP contribution in [0.5, 0.6) is 0 Å². The largest absolute Gasteiger partial charge is 0.387 e. The highest BCUT2D eigenvalue weighted by Gasteiger charge is 2.45. The van der Waals surface area contributed by atoms with Crippen molar-refractivity contribution in [1.82, 2.24) is 4.31 Å². The number of hydrogen-bond donors (Lipinski definition) is 1. The van der Waals surface area contributed by atoms with Crippen molar-refractivity contribution in [2.45, 2.75) is 37.7 Å². The first kappa shape index (κ1) is 13.5. The van der Waals surface area contributed by atoms with E-state index in [1.807, 2.05) is 26.8 Å². The summed E-state index contributed by atoms with van der Waals surface area (Å²) < 4.78 is 25.9. The average molecular weight is 269 g/mol. The number of rotatable bonds is 3. The van der Waals surface area contributed by atoms with Gasteiger partial charge in [0.1, 0.15) is 0 Å². The summed E-state index contributed by atoms with van der Waals surface area (Å²) in [5.41, 5.74) is 1.19. The third-order valence-corrected chi connectivity index (χ3v) is 5.50. The number of hydrogen-bond acceptors (Lipinski definition) is 3. The highest BCUT2D eigenvalue weighted by molar-refractivity contribution is 7.89. The lowest BCUT2D eigenvalue weighted by Crippen LogP contribution is -2.62. The van der Waals surface area contributed by atoms with Crippen molar-refractivity contribution in [3.05, 3.63) is 29.3 Å². The molecule has 0 spiro atoms. The summed E-state index contributed by atoms with van der Waals surface area (Å²) in [4.78, 5) is 0.309. The predicted molar refractivity (Wildman–Crippen MR) is 69.9 cm³/mol. The molecule has 1 aromatic rings. The average Bonchev–Trinajstić information content (AvgIpc) is 2.28. The van der Waals surface area contributed by atoms with E-state index in [1.54, 1.807) is 12.1 Å². The molecule has 0 atom stereocenters. The van der Waals surface area contributed by atoms with E-state index in [0.717, 1.165) is 11.1 Å². The molecule has 1 aromatic carbocycles. The zero-order chi connectivity index (χ0) is 13.6. The lowest BCUT2D eigenvalue weighted by Gasteiger charge is -2.44. The van der Waals surface area contributed by atoms with Crippen molar-refractivity contribution in [3.8, 4) is 0 Å². The summed E-state index contributed by atoms with van der Waals surface area (Å²) in [5.74, 6) is 0. The zero-order valence-electron chi connectivity index (χ0n) is 11.0. The first-order valence-electron chi connectivity index (χ1n) is 6.08. The Kier molecular flexibility index (Phi) is 3.25. The van der Waals surface area contributed by atoms with E-state index in [4.69, 9.17) is 0 Å². The van der Waals surface area contributed by atoms with Gasteiger partial charge in [-0.05, 0) is 43.5 Å². The molecule has 1 N–H and O–H groups in total. The number of benzene rings is 1. The van der Waals surface area contributed by atoms with Crippen LogP contribution in [0, 0.1) is 13.8 Å². The molecule has 0 radical (unpaired) electrons. The van der Waals surface area contributed by atoms with Gasteiger partial charge < -0.3 is 5.11 Å². The Bertz CT molecular complexity index is 560. The van der Waals surface area contributed by atoms with Crippen molar-refractivity contribution in [3.63, 3.8) is 0 Å². The molecular weight excluding hydrogens is 250 g/mol. The van der Waals surface area contributed by atoms with E-state index in [2.05, 4.69) is 0 Å². The van der Waals surface area contributed by atoms with Gasteiger partial charge in [0, 0.05) is 13.1 Å². The van der Waals surface area contributed by atoms with Crippen LogP contribution in [0.2, 0.25) is 0 Å². The van der Waals surface area contributed by atoms with Gasteiger partial charge in [0.2, 0.25) is 10.0 Å². The van der Waals surface area contributed by atoms with Crippen LogP contribution in [0.3, 0.4) is 0 Å². The van der Waals surface area contributed by atoms with Crippen LogP contribution in [-0.4, -0.2) is 36.5 Å². The van der Waals surface area contributed by atoms with Gasteiger partial charge in [0.25, 0.3) is 0 Å². The maximum atomic E-state index is 12.3. The minimum atomic E-state index is -3.45. The summed E-state index contributed by atoms with van der Waals surface area (Å²) in [7, 11) is -3.45. The molecule has 2 rings (SSSR count). The molecule has 1 aliphatic rings. The maximum Gasteiger partial charge on any atom is 0.243 e. The second kappa shape index (κ2) is 4.33. The third kappa shape index (κ3) is 2.18. The fourth-order valence-electron chi connectivity index (χ4n) is 2.03. The molecule has 4 nitrogen and oxygen atoms in total. The predicted octanol–water partition coefficient (Wildman–Crippen LogP) is 1.45. The lowest BCUT2D eigenvalue weighted by atomic mass is 9.94. The molecule has 5 heteroatoms. The molecule has 18 heavy (non-hydrogen) atoms. The smallest absolute Gasteiger partial charge is 0.243 e. The summed E-state index contributed by atoms with van der Waals surface area (Å²) in [6.07, 6.45) is 0.575. The van der Waals surface area contributed by atoms with Crippen molar-refractivity contribution in [2.75, 3.05) is 13.1 Å². The normalized spacial score (nSPS) is 19.6.